The molecule has 1 atom stereocenters. The Kier molecular flexibility index (Phi) is 4.94. The average molecular weight is 298 g/mol. The van der Waals surface area contributed by atoms with Gasteiger partial charge in [0.1, 0.15) is 5.75 Å². The van der Waals surface area contributed by atoms with E-state index in [4.69, 9.17) is 4.74 Å². The molecule has 4 nitrogen and oxygen atoms in total. The Labute approximate surface area is 129 Å². The zero-order chi connectivity index (χ0) is 16.1. The first-order chi connectivity index (χ1) is 10.5. The van der Waals surface area contributed by atoms with Gasteiger partial charge in [0, 0.05) is 5.56 Å². The number of methoxy groups -OCH3 is 1. The van der Waals surface area contributed by atoms with Gasteiger partial charge in [-0.15, -0.1) is 0 Å². The molecule has 2 rings (SSSR count). The third kappa shape index (κ3) is 3.73. The molecule has 0 heterocycles. The van der Waals surface area contributed by atoms with E-state index in [0.717, 1.165) is 5.56 Å². The highest BCUT2D eigenvalue weighted by molar-refractivity contribution is 5.99. The molecule has 0 aliphatic carbocycles. The Morgan fingerprint density at radius 1 is 0.909 bits per heavy atom. The molecule has 0 amide bonds. The summed E-state index contributed by atoms with van der Waals surface area (Å²) in [5.74, 6) is 0.0352. The molecule has 0 saturated heterocycles. The van der Waals surface area contributed by atoms with Crippen LogP contribution in [0.2, 0.25) is 0 Å². The number of hydrogen-bond acceptors (Lipinski definition) is 4. The van der Waals surface area contributed by atoms with Crippen molar-refractivity contribution in [3.8, 4) is 5.75 Å². The predicted molar refractivity (Wildman–Crippen MR) is 83.4 cm³/mol. The second-order valence-electron chi connectivity index (χ2n) is 5.01. The van der Waals surface area contributed by atoms with E-state index >= 15 is 0 Å². The van der Waals surface area contributed by atoms with Crippen LogP contribution >= 0.6 is 0 Å². The van der Waals surface area contributed by atoms with Crippen molar-refractivity contribution in [3.63, 3.8) is 0 Å². The van der Waals surface area contributed by atoms with Crippen molar-refractivity contribution in [1.29, 1.82) is 0 Å². The second-order valence-corrected chi connectivity index (χ2v) is 5.01. The lowest BCUT2D eigenvalue weighted by Crippen LogP contribution is -2.23. The highest BCUT2D eigenvalue weighted by Crippen LogP contribution is 2.16. The van der Waals surface area contributed by atoms with E-state index in [9.17, 15) is 9.59 Å². The summed E-state index contributed by atoms with van der Waals surface area (Å²) in [5, 5.41) is 0. The molecule has 0 aromatic heterocycles. The minimum absolute atomic E-state index is 0.0861. The first-order valence-corrected chi connectivity index (χ1v) is 6.97. The SMILES string of the molecule is COC(=O)c1ccc(O[C@@H](C)C(=O)c2ccc(C)cc2)cc1. The van der Waals surface area contributed by atoms with E-state index in [2.05, 4.69) is 4.74 Å². The van der Waals surface area contributed by atoms with E-state index in [1.807, 2.05) is 19.1 Å². The zero-order valence-corrected chi connectivity index (χ0v) is 12.8. The Morgan fingerprint density at radius 2 is 1.45 bits per heavy atom. The van der Waals surface area contributed by atoms with Gasteiger partial charge < -0.3 is 9.47 Å². The molecule has 0 saturated carbocycles. The number of Topliss-reactive ketones (excluding diaryl/α,β-unsaturated/α-hetero) is 1. The van der Waals surface area contributed by atoms with Crippen LogP contribution in [0.1, 0.15) is 33.2 Å². The summed E-state index contributed by atoms with van der Waals surface area (Å²) >= 11 is 0. The Balaban J connectivity index is 2.05. The van der Waals surface area contributed by atoms with Gasteiger partial charge >= 0.3 is 5.97 Å². The number of carbonyl (C=O) groups is 2. The van der Waals surface area contributed by atoms with Crippen molar-refractivity contribution in [3.05, 3.63) is 65.2 Å². The molecule has 0 bridgehead atoms. The van der Waals surface area contributed by atoms with Gasteiger partial charge in [-0.2, -0.15) is 0 Å². The smallest absolute Gasteiger partial charge is 0.337 e. The largest absolute Gasteiger partial charge is 0.483 e. The van der Waals surface area contributed by atoms with Crippen molar-refractivity contribution >= 4 is 11.8 Å². The van der Waals surface area contributed by atoms with Crippen LogP contribution in [0.3, 0.4) is 0 Å². The molecule has 2 aromatic carbocycles. The van der Waals surface area contributed by atoms with Crippen LogP contribution < -0.4 is 4.74 Å². The first-order valence-electron chi connectivity index (χ1n) is 6.97. The maximum Gasteiger partial charge on any atom is 0.337 e. The summed E-state index contributed by atoms with van der Waals surface area (Å²) in [6.07, 6.45) is -0.605. The van der Waals surface area contributed by atoms with Crippen LogP contribution in [0.15, 0.2) is 48.5 Å². The number of carbonyl (C=O) groups excluding carboxylic acids is 2. The Morgan fingerprint density at radius 3 is 2.00 bits per heavy atom. The molecule has 114 valence electrons. The van der Waals surface area contributed by atoms with Crippen LogP contribution in [-0.4, -0.2) is 25.0 Å². The Bertz CT molecular complexity index is 656. The number of benzene rings is 2. The lowest BCUT2D eigenvalue weighted by Gasteiger charge is -2.14. The van der Waals surface area contributed by atoms with Gasteiger partial charge in [-0.25, -0.2) is 4.79 Å². The van der Waals surface area contributed by atoms with E-state index in [1.54, 1.807) is 43.3 Å². The average Bonchev–Trinajstić information content (AvgIpc) is 2.54. The monoisotopic (exact) mass is 298 g/mol. The summed E-state index contributed by atoms with van der Waals surface area (Å²) in [4.78, 5) is 23.6. The third-order valence-electron chi connectivity index (χ3n) is 3.29. The summed E-state index contributed by atoms with van der Waals surface area (Å²) in [5.41, 5.74) is 2.15. The number of ketones is 1. The van der Waals surface area contributed by atoms with Gasteiger partial charge in [-0.1, -0.05) is 29.8 Å². The van der Waals surface area contributed by atoms with Crippen molar-refractivity contribution in [2.75, 3.05) is 7.11 Å². The van der Waals surface area contributed by atoms with E-state index < -0.39 is 12.1 Å². The number of rotatable bonds is 5. The van der Waals surface area contributed by atoms with Crippen molar-refractivity contribution in [1.82, 2.24) is 0 Å². The van der Waals surface area contributed by atoms with Gasteiger partial charge in [0.15, 0.2) is 6.10 Å². The second kappa shape index (κ2) is 6.89. The maximum absolute atomic E-state index is 12.3. The lowest BCUT2D eigenvalue weighted by atomic mass is 10.1. The standard InChI is InChI=1S/C18H18O4/c1-12-4-6-14(7-5-12)17(19)13(2)22-16-10-8-15(9-11-16)18(20)21-3/h4-11,13H,1-3H3/t13-/m0/s1. The minimum Gasteiger partial charge on any atom is -0.483 e. The van der Waals surface area contributed by atoms with Crippen molar-refractivity contribution in [2.24, 2.45) is 0 Å². The highest BCUT2D eigenvalue weighted by atomic mass is 16.5. The third-order valence-corrected chi connectivity index (χ3v) is 3.29. The fraction of sp³-hybridized carbons (Fsp3) is 0.222. The first kappa shape index (κ1) is 15.8. The number of aryl methyl sites for hydroxylation is 1. The number of hydrogen-bond donors (Lipinski definition) is 0. The normalized spacial score (nSPS) is 11.6. The summed E-state index contributed by atoms with van der Waals surface area (Å²) in [7, 11) is 1.33. The van der Waals surface area contributed by atoms with Crippen LogP contribution in [0.25, 0.3) is 0 Å². The topological polar surface area (TPSA) is 52.6 Å². The molecule has 0 unspecified atom stereocenters. The molecule has 0 aliphatic rings. The Hall–Kier alpha value is -2.62. The maximum atomic E-state index is 12.3. The summed E-state index contributed by atoms with van der Waals surface area (Å²) < 4.78 is 10.3. The quantitative estimate of drug-likeness (QED) is 0.627. The fourth-order valence-corrected chi connectivity index (χ4v) is 2.00. The molecule has 0 spiro atoms. The predicted octanol–water partition coefficient (Wildman–Crippen LogP) is 3.43. The summed E-state index contributed by atoms with van der Waals surface area (Å²) in [6, 6.07) is 13.9. The number of esters is 1. The molecule has 0 aliphatic heterocycles. The minimum atomic E-state index is -0.605. The molecule has 2 aromatic rings. The van der Waals surface area contributed by atoms with Gasteiger partial charge in [0.25, 0.3) is 0 Å². The van der Waals surface area contributed by atoms with Crippen LogP contribution in [0, 0.1) is 6.92 Å². The van der Waals surface area contributed by atoms with E-state index in [1.165, 1.54) is 7.11 Å². The van der Waals surface area contributed by atoms with Crippen LogP contribution in [0.5, 0.6) is 5.75 Å². The van der Waals surface area contributed by atoms with E-state index in [-0.39, 0.29) is 5.78 Å². The highest BCUT2D eigenvalue weighted by Gasteiger charge is 2.17. The van der Waals surface area contributed by atoms with Crippen molar-refractivity contribution in [2.45, 2.75) is 20.0 Å². The van der Waals surface area contributed by atoms with Gasteiger partial charge in [-0.3, -0.25) is 4.79 Å². The molecular formula is C18H18O4. The van der Waals surface area contributed by atoms with Gasteiger partial charge in [0.05, 0.1) is 12.7 Å². The van der Waals surface area contributed by atoms with Crippen LogP contribution in [0.4, 0.5) is 0 Å². The number of ether oxygens (including phenoxy) is 2. The fourth-order valence-electron chi connectivity index (χ4n) is 2.00. The summed E-state index contributed by atoms with van der Waals surface area (Å²) in [6.45, 7) is 3.67. The van der Waals surface area contributed by atoms with Crippen molar-refractivity contribution < 1.29 is 19.1 Å². The molecule has 0 radical (unpaired) electrons. The zero-order valence-electron chi connectivity index (χ0n) is 12.8. The molecule has 22 heavy (non-hydrogen) atoms. The van der Waals surface area contributed by atoms with Crippen LogP contribution in [-0.2, 0) is 4.74 Å². The molecular weight excluding hydrogens is 280 g/mol. The molecule has 0 N–H and O–H groups in total. The molecule has 4 heteroatoms. The van der Waals surface area contributed by atoms with Gasteiger partial charge in [0.2, 0.25) is 5.78 Å². The van der Waals surface area contributed by atoms with E-state index in [0.29, 0.717) is 16.9 Å². The molecule has 0 fully saturated rings. The van der Waals surface area contributed by atoms with Gasteiger partial charge in [-0.05, 0) is 38.1 Å². The lowest BCUT2D eigenvalue weighted by molar-refractivity contribution is 0.0600.